The summed E-state index contributed by atoms with van der Waals surface area (Å²) < 4.78 is 5.54. The van der Waals surface area contributed by atoms with Crippen LogP contribution in [0, 0.1) is 5.92 Å². The largest absolute Gasteiger partial charge is 0.392 e. The number of amides is 2. The predicted octanol–water partition coefficient (Wildman–Crippen LogP) is 1.59. The number of nitrogens with zero attached hydrogens (tertiary/aromatic N) is 2. The number of hydrogen-bond donors (Lipinski definition) is 2. The normalized spacial score (nSPS) is 23.7. The van der Waals surface area contributed by atoms with E-state index in [2.05, 4.69) is 10.2 Å². The van der Waals surface area contributed by atoms with Crippen molar-refractivity contribution >= 4 is 29.3 Å². The van der Waals surface area contributed by atoms with Crippen molar-refractivity contribution < 1.29 is 19.4 Å². The highest BCUT2D eigenvalue weighted by Crippen LogP contribution is 2.32. The molecule has 3 aliphatic rings. The quantitative estimate of drug-likeness (QED) is 0.709. The Hall–Kier alpha value is -1.61. The number of anilines is 1. The van der Waals surface area contributed by atoms with Crippen LogP contribution in [0.5, 0.6) is 0 Å². The van der Waals surface area contributed by atoms with Crippen molar-refractivity contribution in [3.8, 4) is 0 Å². The molecule has 2 saturated heterocycles. The van der Waals surface area contributed by atoms with Crippen molar-refractivity contribution in [1.82, 2.24) is 9.80 Å². The minimum absolute atomic E-state index is 0.000441. The molecular formula is C22H31N3O4S. The van der Waals surface area contributed by atoms with E-state index < -0.39 is 0 Å². The summed E-state index contributed by atoms with van der Waals surface area (Å²) in [7, 11) is 1.91. The van der Waals surface area contributed by atoms with Crippen LogP contribution in [0.3, 0.4) is 0 Å². The molecule has 0 unspecified atom stereocenters. The molecule has 2 atom stereocenters. The van der Waals surface area contributed by atoms with Gasteiger partial charge in [-0.05, 0) is 42.9 Å². The molecule has 7 nitrogen and oxygen atoms in total. The van der Waals surface area contributed by atoms with E-state index in [-0.39, 0.29) is 24.0 Å². The third-order valence-electron chi connectivity index (χ3n) is 6.43. The standard InChI is InChI=1S/C22H31N3O4S/c1-24(19(16-5-8-29-9-6-16)13-25-7-4-17(26)12-25)22(28)11-15-2-3-20-18(10-15)23-21(27)14-30-20/h2-3,10,16-17,19,26H,4-9,11-14H2,1H3,(H,23,27)/t17-,19+/m0/s1. The minimum Gasteiger partial charge on any atom is -0.392 e. The molecule has 2 amide bonds. The highest BCUT2D eigenvalue weighted by molar-refractivity contribution is 8.00. The second-order valence-electron chi connectivity index (χ2n) is 8.57. The summed E-state index contributed by atoms with van der Waals surface area (Å²) in [6, 6.07) is 6.00. The molecule has 2 fully saturated rings. The Balaban J connectivity index is 1.44. The number of aliphatic hydroxyl groups excluding tert-OH is 1. The zero-order chi connectivity index (χ0) is 21.1. The SMILES string of the molecule is CN(C(=O)Cc1ccc2c(c1)NC(=O)CS2)[C@H](CN1CC[C@H](O)C1)C1CCOCC1. The third-order valence-corrected chi connectivity index (χ3v) is 7.50. The van der Waals surface area contributed by atoms with Gasteiger partial charge in [-0.3, -0.25) is 14.5 Å². The van der Waals surface area contributed by atoms with Crippen LogP contribution in [0.25, 0.3) is 0 Å². The Morgan fingerprint density at radius 3 is 2.90 bits per heavy atom. The zero-order valence-corrected chi connectivity index (χ0v) is 18.3. The first kappa shape index (κ1) is 21.6. The number of hydrogen-bond acceptors (Lipinski definition) is 6. The highest BCUT2D eigenvalue weighted by Gasteiger charge is 2.33. The summed E-state index contributed by atoms with van der Waals surface area (Å²) >= 11 is 1.53. The summed E-state index contributed by atoms with van der Waals surface area (Å²) in [4.78, 5) is 30.1. The van der Waals surface area contributed by atoms with Gasteiger partial charge in [-0.25, -0.2) is 0 Å². The zero-order valence-electron chi connectivity index (χ0n) is 17.5. The number of likely N-dealkylation sites (tertiary alicyclic amines) is 1. The first-order chi connectivity index (χ1) is 14.5. The van der Waals surface area contributed by atoms with Crippen LogP contribution in [0.15, 0.2) is 23.1 Å². The Bertz CT molecular complexity index is 784. The number of β-amino-alcohol motifs (C(OH)–C–C–N with tert-alkyl or cyclic N) is 1. The molecule has 3 aliphatic heterocycles. The first-order valence-corrected chi connectivity index (χ1v) is 11.8. The van der Waals surface area contributed by atoms with Crippen molar-refractivity contribution in [3.63, 3.8) is 0 Å². The predicted molar refractivity (Wildman–Crippen MR) is 117 cm³/mol. The van der Waals surface area contributed by atoms with Gasteiger partial charge in [0.25, 0.3) is 0 Å². The van der Waals surface area contributed by atoms with Crippen molar-refractivity contribution in [2.24, 2.45) is 5.92 Å². The summed E-state index contributed by atoms with van der Waals surface area (Å²) in [5.41, 5.74) is 1.71. The van der Waals surface area contributed by atoms with Crippen LogP contribution < -0.4 is 5.32 Å². The number of benzene rings is 1. The Morgan fingerprint density at radius 1 is 1.37 bits per heavy atom. The number of fused-ring (bicyclic) bond motifs is 1. The lowest BCUT2D eigenvalue weighted by Crippen LogP contribution is -2.50. The number of aliphatic hydroxyl groups is 1. The van der Waals surface area contributed by atoms with Gasteiger partial charge in [0.15, 0.2) is 0 Å². The van der Waals surface area contributed by atoms with Crippen LogP contribution in [-0.2, 0) is 20.7 Å². The lowest BCUT2D eigenvalue weighted by Gasteiger charge is -2.39. The number of nitrogens with one attached hydrogen (secondary N) is 1. The Labute approximate surface area is 182 Å². The fourth-order valence-corrected chi connectivity index (χ4v) is 5.44. The van der Waals surface area contributed by atoms with Crippen molar-refractivity contribution in [2.75, 3.05) is 51.0 Å². The van der Waals surface area contributed by atoms with Gasteiger partial charge in [-0.15, -0.1) is 11.8 Å². The topological polar surface area (TPSA) is 82.1 Å². The molecule has 30 heavy (non-hydrogen) atoms. The molecule has 1 aromatic rings. The molecule has 8 heteroatoms. The number of carbonyl (C=O) groups excluding carboxylic acids is 2. The van der Waals surface area contributed by atoms with Crippen molar-refractivity contribution in [3.05, 3.63) is 23.8 Å². The molecule has 0 bridgehead atoms. The molecule has 1 aromatic carbocycles. The number of rotatable bonds is 6. The van der Waals surface area contributed by atoms with Gasteiger partial charge in [-0.1, -0.05) is 6.07 Å². The molecular weight excluding hydrogens is 402 g/mol. The van der Waals surface area contributed by atoms with E-state index in [1.165, 1.54) is 11.8 Å². The summed E-state index contributed by atoms with van der Waals surface area (Å²) in [5.74, 6) is 0.928. The molecule has 2 N–H and O–H groups in total. The molecule has 3 heterocycles. The van der Waals surface area contributed by atoms with Gasteiger partial charge in [0.1, 0.15) is 0 Å². The number of likely N-dealkylation sites (N-methyl/N-ethyl adjacent to an activating group) is 1. The maximum Gasteiger partial charge on any atom is 0.234 e. The average molecular weight is 434 g/mol. The van der Waals surface area contributed by atoms with Crippen LogP contribution in [0.1, 0.15) is 24.8 Å². The van der Waals surface area contributed by atoms with Gasteiger partial charge in [0.05, 0.1) is 24.0 Å². The van der Waals surface area contributed by atoms with E-state index in [9.17, 15) is 14.7 Å². The highest BCUT2D eigenvalue weighted by atomic mass is 32.2. The molecule has 0 spiro atoms. The fourth-order valence-electron chi connectivity index (χ4n) is 4.66. The maximum atomic E-state index is 13.2. The van der Waals surface area contributed by atoms with E-state index in [4.69, 9.17) is 4.74 Å². The molecule has 164 valence electrons. The summed E-state index contributed by atoms with van der Waals surface area (Å²) in [6.45, 7) is 3.85. The van der Waals surface area contributed by atoms with Crippen LogP contribution in [0.4, 0.5) is 5.69 Å². The Morgan fingerprint density at radius 2 is 2.17 bits per heavy atom. The molecule has 0 aromatic heterocycles. The minimum atomic E-state index is -0.259. The van der Waals surface area contributed by atoms with E-state index in [1.807, 2.05) is 30.1 Å². The van der Waals surface area contributed by atoms with E-state index in [1.54, 1.807) is 0 Å². The summed E-state index contributed by atoms with van der Waals surface area (Å²) in [5, 5.41) is 12.8. The van der Waals surface area contributed by atoms with Crippen LogP contribution in [-0.4, -0.2) is 84.5 Å². The molecule has 0 aliphatic carbocycles. The summed E-state index contributed by atoms with van der Waals surface area (Å²) in [6.07, 6.45) is 2.77. The lowest BCUT2D eigenvalue weighted by atomic mass is 9.90. The van der Waals surface area contributed by atoms with E-state index in [0.29, 0.717) is 24.6 Å². The second kappa shape index (κ2) is 9.68. The third kappa shape index (κ3) is 5.17. The number of carbonyl (C=O) groups is 2. The maximum absolute atomic E-state index is 13.2. The molecule has 4 rings (SSSR count). The monoisotopic (exact) mass is 433 g/mol. The van der Waals surface area contributed by atoms with E-state index in [0.717, 1.165) is 61.7 Å². The average Bonchev–Trinajstić information content (AvgIpc) is 3.16. The van der Waals surface area contributed by atoms with Gasteiger partial charge in [-0.2, -0.15) is 0 Å². The number of ether oxygens (including phenoxy) is 1. The molecule has 0 radical (unpaired) electrons. The van der Waals surface area contributed by atoms with E-state index >= 15 is 0 Å². The van der Waals surface area contributed by atoms with Crippen LogP contribution in [0.2, 0.25) is 0 Å². The van der Waals surface area contributed by atoms with Gasteiger partial charge in [0.2, 0.25) is 11.8 Å². The van der Waals surface area contributed by atoms with Crippen molar-refractivity contribution in [1.29, 1.82) is 0 Å². The second-order valence-corrected chi connectivity index (χ2v) is 9.59. The Kier molecular flexibility index (Phi) is 6.98. The fraction of sp³-hybridized carbons (Fsp3) is 0.636. The van der Waals surface area contributed by atoms with Crippen molar-refractivity contribution in [2.45, 2.75) is 42.7 Å². The first-order valence-electron chi connectivity index (χ1n) is 10.8. The van der Waals surface area contributed by atoms with Crippen LogP contribution >= 0.6 is 11.8 Å². The van der Waals surface area contributed by atoms with Gasteiger partial charge in [0, 0.05) is 50.8 Å². The number of thioether (sulfide) groups is 1. The molecule has 0 saturated carbocycles. The smallest absolute Gasteiger partial charge is 0.234 e. The lowest BCUT2D eigenvalue weighted by molar-refractivity contribution is -0.133. The van der Waals surface area contributed by atoms with Gasteiger partial charge < -0.3 is 20.1 Å². The van der Waals surface area contributed by atoms with Gasteiger partial charge >= 0.3 is 0 Å².